The highest BCUT2D eigenvalue weighted by molar-refractivity contribution is 5.96. The number of methoxy groups -OCH3 is 1. The third-order valence-corrected chi connectivity index (χ3v) is 4.24. The van der Waals surface area contributed by atoms with Crippen molar-refractivity contribution >= 4 is 5.91 Å². The first kappa shape index (κ1) is 15.5. The van der Waals surface area contributed by atoms with Crippen molar-refractivity contribution in [3.05, 3.63) is 59.4 Å². The SMILES string of the molecule is COc1ccc(C(=O)N2CCNCC2c2cccnc2)c(C)c1. The first-order valence-corrected chi connectivity index (χ1v) is 7.77. The second kappa shape index (κ2) is 6.79. The minimum absolute atomic E-state index is 0.00597. The standard InChI is InChI=1S/C18H21N3O2/c1-13-10-15(23-2)5-6-16(13)18(22)21-9-8-20-12-17(21)14-4-3-7-19-11-14/h3-7,10-11,17,20H,8-9,12H2,1-2H3. The first-order chi connectivity index (χ1) is 11.2. The van der Waals surface area contributed by atoms with Crippen LogP contribution in [0.3, 0.4) is 0 Å². The Morgan fingerprint density at radius 1 is 1.39 bits per heavy atom. The van der Waals surface area contributed by atoms with E-state index >= 15 is 0 Å². The lowest BCUT2D eigenvalue weighted by molar-refractivity contribution is 0.0633. The second-order valence-electron chi connectivity index (χ2n) is 5.69. The smallest absolute Gasteiger partial charge is 0.254 e. The Hall–Kier alpha value is -2.40. The Balaban J connectivity index is 1.90. The molecule has 2 aromatic rings. The largest absolute Gasteiger partial charge is 0.497 e. The van der Waals surface area contributed by atoms with Gasteiger partial charge in [0.2, 0.25) is 0 Å². The highest BCUT2D eigenvalue weighted by atomic mass is 16.5. The molecular weight excluding hydrogens is 290 g/mol. The molecule has 5 heteroatoms. The van der Waals surface area contributed by atoms with Crippen LogP contribution >= 0.6 is 0 Å². The molecule has 1 amide bonds. The molecule has 2 heterocycles. The van der Waals surface area contributed by atoms with Crippen LogP contribution < -0.4 is 10.1 Å². The van der Waals surface area contributed by atoms with Gasteiger partial charge in [0.1, 0.15) is 5.75 Å². The fourth-order valence-corrected chi connectivity index (χ4v) is 2.98. The highest BCUT2D eigenvalue weighted by Crippen LogP contribution is 2.25. The molecule has 1 aliphatic heterocycles. The molecule has 3 rings (SSSR count). The summed E-state index contributed by atoms with van der Waals surface area (Å²) in [6.45, 7) is 4.17. The highest BCUT2D eigenvalue weighted by Gasteiger charge is 2.29. The van der Waals surface area contributed by atoms with Gasteiger partial charge in [-0.05, 0) is 42.3 Å². The number of carbonyl (C=O) groups excluding carboxylic acids is 1. The zero-order valence-corrected chi connectivity index (χ0v) is 13.5. The molecular formula is C18H21N3O2. The molecule has 1 saturated heterocycles. The van der Waals surface area contributed by atoms with Crippen molar-refractivity contribution in [3.8, 4) is 5.75 Å². The summed E-state index contributed by atoms with van der Waals surface area (Å²) in [7, 11) is 1.63. The van der Waals surface area contributed by atoms with Gasteiger partial charge in [-0.25, -0.2) is 0 Å². The molecule has 1 atom stereocenters. The number of aryl methyl sites for hydroxylation is 1. The van der Waals surface area contributed by atoms with Crippen molar-refractivity contribution in [3.63, 3.8) is 0 Å². The summed E-state index contributed by atoms with van der Waals surface area (Å²) in [5.41, 5.74) is 2.71. The molecule has 1 aromatic heterocycles. The van der Waals surface area contributed by atoms with Crippen LogP contribution in [0.5, 0.6) is 5.75 Å². The molecule has 0 bridgehead atoms. The van der Waals surface area contributed by atoms with Crippen LogP contribution in [0.4, 0.5) is 0 Å². The van der Waals surface area contributed by atoms with E-state index < -0.39 is 0 Å². The van der Waals surface area contributed by atoms with E-state index in [1.807, 2.05) is 48.4 Å². The number of hydrogen-bond acceptors (Lipinski definition) is 4. The van der Waals surface area contributed by atoms with Gasteiger partial charge in [-0.15, -0.1) is 0 Å². The molecule has 1 aliphatic rings. The lowest BCUT2D eigenvalue weighted by Gasteiger charge is -2.36. The summed E-state index contributed by atoms with van der Waals surface area (Å²) in [6.07, 6.45) is 3.58. The fraction of sp³-hybridized carbons (Fsp3) is 0.333. The van der Waals surface area contributed by atoms with Crippen molar-refractivity contribution in [2.45, 2.75) is 13.0 Å². The lowest BCUT2D eigenvalue weighted by atomic mass is 10.0. The normalized spacial score (nSPS) is 17.8. The number of pyridine rings is 1. The number of amides is 1. The van der Waals surface area contributed by atoms with Gasteiger partial charge in [-0.1, -0.05) is 6.07 Å². The van der Waals surface area contributed by atoms with Gasteiger partial charge in [0, 0.05) is 37.6 Å². The van der Waals surface area contributed by atoms with Crippen molar-refractivity contribution in [2.75, 3.05) is 26.7 Å². The average molecular weight is 311 g/mol. The zero-order valence-electron chi connectivity index (χ0n) is 13.5. The first-order valence-electron chi connectivity index (χ1n) is 7.77. The molecule has 1 aromatic carbocycles. The van der Waals surface area contributed by atoms with Gasteiger partial charge >= 0.3 is 0 Å². The lowest BCUT2D eigenvalue weighted by Crippen LogP contribution is -2.48. The third kappa shape index (κ3) is 3.19. The number of hydrogen-bond donors (Lipinski definition) is 1. The molecule has 5 nitrogen and oxygen atoms in total. The Labute approximate surface area is 136 Å². The molecule has 0 spiro atoms. The molecule has 0 saturated carbocycles. The third-order valence-electron chi connectivity index (χ3n) is 4.24. The maximum atomic E-state index is 13.0. The number of aromatic nitrogens is 1. The summed E-state index contributed by atoms with van der Waals surface area (Å²) in [4.78, 5) is 19.2. The maximum Gasteiger partial charge on any atom is 0.254 e. The van der Waals surface area contributed by atoms with Gasteiger partial charge in [-0.2, -0.15) is 0 Å². The van der Waals surface area contributed by atoms with Crippen molar-refractivity contribution in [1.82, 2.24) is 15.2 Å². The van der Waals surface area contributed by atoms with Crippen LogP contribution in [0.1, 0.15) is 27.5 Å². The minimum atomic E-state index is 0.00597. The maximum absolute atomic E-state index is 13.0. The van der Waals surface area contributed by atoms with Crippen molar-refractivity contribution < 1.29 is 9.53 Å². The number of benzene rings is 1. The molecule has 1 unspecified atom stereocenters. The van der Waals surface area contributed by atoms with E-state index in [1.165, 1.54) is 0 Å². The summed E-state index contributed by atoms with van der Waals surface area (Å²) in [5.74, 6) is 0.823. The predicted molar refractivity (Wildman–Crippen MR) is 88.6 cm³/mol. The summed E-state index contributed by atoms with van der Waals surface area (Å²) in [6, 6.07) is 9.51. The molecule has 1 N–H and O–H groups in total. The number of nitrogens with zero attached hydrogens (tertiary/aromatic N) is 2. The molecule has 120 valence electrons. The van der Waals surface area contributed by atoms with Crippen molar-refractivity contribution in [2.24, 2.45) is 0 Å². The van der Waals surface area contributed by atoms with E-state index in [4.69, 9.17) is 4.74 Å². The van der Waals surface area contributed by atoms with Crippen LogP contribution in [0.15, 0.2) is 42.7 Å². The Morgan fingerprint density at radius 2 is 2.26 bits per heavy atom. The quantitative estimate of drug-likeness (QED) is 0.944. The van der Waals surface area contributed by atoms with Gasteiger partial charge in [-0.3, -0.25) is 9.78 Å². The summed E-state index contributed by atoms with van der Waals surface area (Å²) >= 11 is 0. The summed E-state index contributed by atoms with van der Waals surface area (Å²) < 4.78 is 5.22. The van der Waals surface area contributed by atoms with Crippen molar-refractivity contribution in [1.29, 1.82) is 0 Å². The molecule has 0 radical (unpaired) electrons. The number of carbonyl (C=O) groups is 1. The van der Waals surface area contributed by atoms with Crippen LogP contribution in [-0.4, -0.2) is 42.5 Å². The van der Waals surface area contributed by atoms with Crippen LogP contribution in [0, 0.1) is 6.92 Å². The van der Waals surface area contributed by atoms with E-state index in [-0.39, 0.29) is 11.9 Å². The van der Waals surface area contributed by atoms with Crippen LogP contribution in [0.2, 0.25) is 0 Å². The number of piperazine rings is 1. The zero-order chi connectivity index (χ0) is 16.2. The Bertz CT molecular complexity index is 688. The molecule has 23 heavy (non-hydrogen) atoms. The van der Waals surface area contributed by atoms with E-state index in [2.05, 4.69) is 10.3 Å². The van der Waals surface area contributed by atoms with E-state index in [1.54, 1.807) is 13.3 Å². The number of ether oxygens (including phenoxy) is 1. The van der Waals surface area contributed by atoms with Crippen LogP contribution in [-0.2, 0) is 0 Å². The topological polar surface area (TPSA) is 54.5 Å². The van der Waals surface area contributed by atoms with E-state index in [0.29, 0.717) is 6.54 Å². The predicted octanol–water partition coefficient (Wildman–Crippen LogP) is 2.19. The number of rotatable bonds is 3. The Morgan fingerprint density at radius 3 is 2.96 bits per heavy atom. The van der Waals surface area contributed by atoms with E-state index in [0.717, 1.165) is 35.5 Å². The monoisotopic (exact) mass is 311 g/mol. The van der Waals surface area contributed by atoms with Gasteiger partial charge in [0.05, 0.1) is 13.2 Å². The minimum Gasteiger partial charge on any atom is -0.497 e. The van der Waals surface area contributed by atoms with E-state index in [9.17, 15) is 4.79 Å². The Kier molecular flexibility index (Phi) is 4.57. The van der Waals surface area contributed by atoms with Crippen LogP contribution in [0.25, 0.3) is 0 Å². The molecule has 1 fully saturated rings. The van der Waals surface area contributed by atoms with Gasteiger partial charge in [0.25, 0.3) is 5.91 Å². The van der Waals surface area contributed by atoms with Gasteiger partial charge < -0.3 is 15.0 Å². The fourth-order valence-electron chi connectivity index (χ4n) is 2.98. The number of nitrogens with one attached hydrogen (secondary N) is 1. The average Bonchev–Trinajstić information content (AvgIpc) is 2.62. The van der Waals surface area contributed by atoms with Gasteiger partial charge in [0.15, 0.2) is 0 Å². The molecule has 0 aliphatic carbocycles. The second-order valence-corrected chi connectivity index (χ2v) is 5.69. The summed E-state index contributed by atoms with van der Waals surface area (Å²) in [5, 5.41) is 3.36.